The first-order valence-electron chi connectivity index (χ1n) is 6.26. The van der Waals surface area contributed by atoms with Crippen molar-refractivity contribution >= 4 is 29.3 Å². The minimum atomic E-state index is -1.65. The van der Waals surface area contributed by atoms with Crippen molar-refractivity contribution in [3.63, 3.8) is 0 Å². The van der Waals surface area contributed by atoms with Gasteiger partial charge in [-0.15, -0.1) is 0 Å². The Bertz CT molecular complexity index is 705. The monoisotopic (exact) mass is 318 g/mol. The lowest BCUT2D eigenvalue weighted by Gasteiger charge is -2.08. The molecule has 0 heterocycles. The molecule has 6 heteroatoms. The molecule has 0 aliphatic rings. The van der Waals surface area contributed by atoms with E-state index in [4.69, 9.17) is 21.8 Å². The lowest BCUT2D eigenvalue weighted by Crippen LogP contribution is -2.21. The highest BCUT2D eigenvalue weighted by molar-refractivity contribution is 6.30. The molecule has 0 unspecified atom stereocenters. The zero-order chi connectivity index (χ0) is 16.3. The van der Waals surface area contributed by atoms with E-state index in [-0.39, 0.29) is 11.3 Å². The molecule has 0 aliphatic carbocycles. The Hall–Kier alpha value is -2.66. The molecule has 0 fully saturated rings. The first-order valence-corrected chi connectivity index (χ1v) is 6.64. The number of hydrogen-bond acceptors (Lipinski definition) is 3. The Morgan fingerprint density at radius 2 is 1.18 bits per heavy atom. The van der Waals surface area contributed by atoms with E-state index in [1.807, 2.05) is 0 Å². The van der Waals surface area contributed by atoms with Crippen molar-refractivity contribution < 1.29 is 24.6 Å². The summed E-state index contributed by atoms with van der Waals surface area (Å²) >= 11 is 5.75. The van der Waals surface area contributed by atoms with Gasteiger partial charge in [-0.3, -0.25) is 14.4 Å². The number of rotatable bonds is 5. The number of hydrogen-bond donors (Lipinski definition) is 2. The second kappa shape index (κ2) is 6.41. The second-order valence-electron chi connectivity index (χ2n) is 4.57. The molecule has 0 saturated carbocycles. The van der Waals surface area contributed by atoms with Crippen molar-refractivity contribution in [3.05, 3.63) is 70.2 Å². The fourth-order valence-corrected chi connectivity index (χ4v) is 2.11. The number of ketones is 1. The maximum atomic E-state index is 12.2. The van der Waals surface area contributed by atoms with Crippen LogP contribution in [0, 0.1) is 0 Å². The molecule has 0 atom stereocenters. The summed E-state index contributed by atoms with van der Waals surface area (Å²) in [5.41, 5.74) is 0.874. The van der Waals surface area contributed by atoms with Crippen LogP contribution in [0.5, 0.6) is 0 Å². The first kappa shape index (κ1) is 15.7. The highest BCUT2D eigenvalue weighted by atomic mass is 35.5. The summed E-state index contributed by atoms with van der Waals surface area (Å²) in [6.07, 6.45) is 0. The summed E-state index contributed by atoms with van der Waals surface area (Å²) in [6, 6.07) is 11.8. The van der Waals surface area contributed by atoms with Gasteiger partial charge >= 0.3 is 11.9 Å². The summed E-state index contributed by atoms with van der Waals surface area (Å²) in [7, 11) is 0. The fourth-order valence-electron chi connectivity index (χ4n) is 1.99. The summed E-state index contributed by atoms with van der Waals surface area (Å²) in [4.78, 5) is 34.1. The number of carboxylic acid groups (broad SMARTS) is 2. The Balaban J connectivity index is 2.28. The number of carbonyl (C=O) groups is 3. The largest absolute Gasteiger partial charge is 0.480 e. The van der Waals surface area contributed by atoms with E-state index in [2.05, 4.69) is 0 Å². The third-order valence-corrected chi connectivity index (χ3v) is 3.36. The summed E-state index contributed by atoms with van der Waals surface area (Å²) in [6.45, 7) is 0. The van der Waals surface area contributed by atoms with E-state index >= 15 is 0 Å². The molecule has 22 heavy (non-hydrogen) atoms. The van der Waals surface area contributed by atoms with Crippen LogP contribution < -0.4 is 0 Å². The molecule has 0 saturated heterocycles. The molecule has 0 amide bonds. The van der Waals surface area contributed by atoms with Crippen molar-refractivity contribution in [2.45, 2.75) is 5.92 Å². The van der Waals surface area contributed by atoms with E-state index in [1.165, 1.54) is 24.3 Å². The van der Waals surface area contributed by atoms with E-state index < -0.39 is 17.9 Å². The van der Waals surface area contributed by atoms with Gasteiger partial charge in [0.1, 0.15) is 0 Å². The van der Waals surface area contributed by atoms with Gasteiger partial charge in [0.25, 0.3) is 0 Å². The summed E-state index contributed by atoms with van der Waals surface area (Å²) in [5, 5.41) is 18.4. The van der Waals surface area contributed by atoms with Gasteiger partial charge in [-0.05, 0) is 29.8 Å². The van der Waals surface area contributed by atoms with Crippen LogP contribution in [0.15, 0.2) is 48.5 Å². The quantitative estimate of drug-likeness (QED) is 0.653. The topological polar surface area (TPSA) is 91.7 Å². The molecular weight excluding hydrogens is 308 g/mol. The van der Waals surface area contributed by atoms with E-state index in [1.54, 1.807) is 24.3 Å². The maximum Gasteiger partial charge on any atom is 0.322 e. The molecule has 112 valence electrons. The van der Waals surface area contributed by atoms with Crippen molar-refractivity contribution in [1.82, 2.24) is 0 Å². The standard InChI is InChI=1S/C16H11ClO5/c17-12-7-5-11(6-8-12)14(18)10-3-1-9(2-4-10)13(15(19)20)16(21)22/h1-8,13H,(H,19,20)(H,21,22). The minimum Gasteiger partial charge on any atom is -0.480 e. The van der Waals surface area contributed by atoms with E-state index in [9.17, 15) is 14.4 Å². The Morgan fingerprint density at radius 1 is 0.773 bits per heavy atom. The van der Waals surface area contributed by atoms with Crippen molar-refractivity contribution in [2.24, 2.45) is 0 Å². The lowest BCUT2D eigenvalue weighted by molar-refractivity contribution is -0.150. The minimum absolute atomic E-state index is 0.104. The first-order chi connectivity index (χ1) is 10.4. The van der Waals surface area contributed by atoms with Gasteiger partial charge < -0.3 is 10.2 Å². The van der Waals surface area contributed by atoms with Crippen LogP contribution in [-0.2, 0) is 9.59 Å². The van der Waals surface area contributed by atoms with Crippen LogP contribution in [0.1, 0.15) is 27.4 Å². The Morgan fingerprint density at radius 3 is 1.59 bits per heavy atom. The molecule has 2 rings (SSSR count). The van der Waals surface area contributed by atoms with Crippen LogP contribution in [0.4, 0.5) is 0 Å². The number of carboxylic acids is 2. The van der Waals surface area contributed by atoms with Crippen molar-refractivity contribution in [1.29, 1.82) is 0 Å². The maximum absolute atomic E-state index is 12.2. The molecule has 2 N–H and O–H groups in total. The number of benzene rings is 2. The molecule has 0 aromatic heterocycles. The smallest absolute Gasteiger partial charge is 0.322 e. The van der Waals surface area contributed by atoms with Gasteiger partial charge in [-0.2, -0.15) is 0 Å². The molecular formula is C16H11ClO5. The van der Waals surface area contributed by atoms with Crippen LogP contribution >= 0.6 is 11.6 Å². The Kier molecular flexibility index (Phi) is 4.58. The molecule has 2 aromatic carbocycles. The molecule has 0 bridgehead atoms. The zero-order valence-corrected chi connectivity index (χ0v) is 11.9. The highest BCUT2D eigenvalue weighted by Crippen LogP contribution is 2.19. The number of halogens is 1. The van der Waals surface area contributed by atoms with Crippen LogP contribution in [0.25, 0.3) is 0 Å². The van der Waals surface area contributed by atoms with E-state index in [0.717, 1.165) is 0 Å². The molecule has 2 aromatic rings. The SMILES string of the molecule is O=C(c1ccc(Cl)cc1)c1ccc(C(C(=O)O)C(=O)O)cc1. The summed E-state index contributed by atoms with van der Waals surface area (Å²) in [5.74, 6) is -4.82. The van der Waals surface area contributed by atoms with Crippen LogP contribution in [-0.4, -0.2) is 27.9 Å². The average Bonchev–Trinajstić information content (AvgIpc) is 2.47. The van der Waals surface area contributed by atoms with Gasteiger partial charge in [0.15, 0.2) is 11.7 Å². The zero-order valence-electron chi connectivity index (χ0n) is 11.2. The van der Waals surface area contributed by atoms with Gasteiger partial charge in [-0.25, -0.2) is 0 Å². The third kappa shape index (κ3) is 3.32. The average molecular weight is 319 g/mol. The lowest BCUT2D eigenvalue weighted by atomic mass is 9.96. The summed E-state index contributed by atoms with van der Waals surface area (Å²) < 4.78 is 0. The van der Waals surface area contributed by atoms with Crippen LogP contribution in [0.3, 0.4) is 0 Å². The second-order valence-corrected chi connectivity index (χ2v) is 5.00. The van der Waals surface area contributed by atoms with Crippen molar-refractivity contribution in [2.75, 3.05) is 0 Å². The number of aliphatic carboxylic acids is 2. The molecule has 0 spiro atoms. The van der Waals surface area contributed by atoms with Gasteiger partial charge in [-0.1, -0.05) is 35.9 Å². The fraction of sp³-hybridized carbons (Fsp3) is 0.0625. The third-order valence-electron chi connectivity index (χ3n) is 3.11. The molecule has 5 nitrogen and oxygen atoms in total. The van der Waals surface area contributed by atoms with Gasteiger partial charge in [0.2, 0.25) is 0 Å². The van der Waals surface area contributed by atoms with Crippen LogP contribution in [0.2, 0.25) is 5.02 Å². The highest BCUT2D eigenvalue weighted by Gasteiger charge is 2.27. The van der Waals surface area contributed by atoms with Gasteiger partial charge in [0, 0.05) is 16.1 Å². The predicted molar refractivity (Wildman–Crippen MR) is 79.3 cm³/mol. The number of carbonyl (C=O) groups excluding carboxylic acids is 1. The Labute approximate surface area is 130 Å². The molecule has 0 radical (unpaired) electrons. The van der Waals surface area contributed by atoms with Crippen molar-refractivity contribution in [3.8, 4) is 0 Å². The molecule has 0 aliphatic heterocycles. The normalized spacial score (nSPS) is 10.5. The van der Waals surface area contributed by atoms with E-state index in [0.29, 0.717) is 16.1 Å². The predicted octanol–water partition coefficient (Wildman–Crippen LogP) is 2.82. The van der Waals surface area contributed by atoms with Gasteiger partial charge in [0.05, 0.1) is 0 Å².